The van der Waals surface area contributed by atoms with Crippen LogP contribution in [-0.2, 0) is 6.42 Å². The number of aliphatic hydroxyl groups is 1. The molecule has 2 atom stereocenters. The highest BCUT2D eigenvalue weighted by Gasteiger charge is 2.26. The van der Waals surface area contributed by atoms with E-state index in [4.69, 9.17) is 5.11 Å². The van der Waals surface area contributed by atoms with Crippen LogP contribution in [0.15, 0.2) is 43.0 Å². The lowest BCUT2D eigenvalue weighted by atomic mass is 9.98. The Labute approximate surface area is 107 Å². The average molecular weight is 249 g/mol. The van der Waals surface area contributed by atoms with Crippen molar-refractivity contribution < 1.29 is 15.0 Å². The first-order chi connectivity index (χ1) is 8.56. The van der Waals surface area contributed by atoms with Gasteiger partial charge in [-0.2, -0.15) is 0 Å². The fraction of sp³-hybridized carbons (Fsp3) is 0.357. The number of hydrogen-bond acceptors (Lipinski definition) is 2. The number of amides is 1. The Bertz CT molecular complexity index is 391. The molecular formula is C14H19NO3. The quantitative estimate of drug-likeness (QED) is 0.759. The minimum atomic E-state index is -1.04. The summed E-state index contributed by atoms with van der Waals surface area (Å²) in [6, 6.07) is 9.06. The molecule has 0 heterocycles. The smallest absolute Gasteiger partial charge is 0.407 e. The number of aliphatic hydroxyl groups excluding tert-OH is 1. The van der Waals surface area contributed by atoms with E-state index in [0.717, 1.165) is 10.5 Å². The number of carboxylic acid groups (broad SMARTS) is 1. The van der Waals surface area contributed by atoms with Crippen molar-refractivity contribution >= 4 is 6.09 Å². The number of rotatable bonds is 6. The Morgan fingerprint density at radius 2 is 2.06 bits per heavy atom. The van der Waals surface area contributed by atoms with Gasteiger partial charge in [0, 0.05) is 7.05 Å². The highest BCUT2D eigenvalue weighted by molar-refractivity contribution is 5.65. The van der Waals surface area contributed by atoms with E-state index < -0.39 is 18.2 Å². The predicted molar refractivity (Wildman–Crippen MR) is 70.5 cm³/mol. The highest BCUT2D eigenvalue weighted by Crippen LogP contribution is 2.14. The molecule has 0 bridgehead atoms. The van der Waals surface area contributed by atoms with Gasteiger partial charge in [0.15, 0.2) is 0 Å². The standard InChI is InChI=1S/C14H19NO3/c1-3-7-13(16)12(15(2)14(17)18)10-11-8-5-4-6-9-11/h3-6,8-9,12-13,16H,1,7,10H2,2H3,(H,17,18)/t12-,13?/m1/s1. The van der Waals surface area contributed by atoms with Crippen molar-refractivity contribution in [2.24, 2.45) is 0 Å². The van der Waals surface area contributed by atoms with Gasteiger partial charge in [0.1, 0.15) is 0 Å². The van der Waals surface area contributed by atoms with E-state index in [-0.39, 0.29) is 0 Å². The van der Waals surface area contributed by atoms with Crippen LogP contribution in [0.4, 0.5) is 4.79 Å². The highest BCUT2D eigenvalue weighted by atomic mass is 16.4. The minimum Gasteiger partial charge on any atom is -0.465 e. The van der Waals surface area contributed by atoms with Crippen molar-refractivity contribution in [2.75, 3.05) is 7.05 Å². The van der Waals surface area contributed by atoms with Gasteiger partial charge in [0.25, 0.3) is 0 Å². The van der Waals surface area contributed by atoms with Crippen LogP contribution in [0.3, 0.4) is 0 Å². The van der Waals surface area contributed by atoms with Crippen molar-refractivity contribution in [2.45, 2.75) is 25.0 Å². The second kappa shape index (κ2) is 6.81. The third kappa shape index (κ3) is 3.89. The van der Waals surface area contributed by atoms with Gasteiger partial charge in [0.2, 0.25) is 0 Å². The van der Waals surface area contributed by atoms with Crippen LogP contribution in [0.2, 0.25) is 0 Å². The van der Waals surface area contributed by atoms with E-state index in [2.05, 4.69) is 6.58 Å². The molecule has 4 heteroatoms. The van der Waals surface area contributed by atoms with Crippen LogP contribution in [0.25, 0.3) is 0 Å². The van der Waals surface area contributed by atoms with Crippen molar-refractivity contribution in [1.29, 1.82) is 0 Å². The van der Waals surface area contributed by atoms with Gasteiger partial charge >= 0.3 is 6.09 Å². The van der Waals surface area contributed by atoms with Crippen molar-refractivity contribution in [3.05, 3.63) is 48.6 Å². The first kappa shape index (κ1) is 14.3. The predicted octanol–water partition coefficient (Wildman–Crippen LogP) is 2.14. The molecule has 98 valence electrons. The molecule has 0 aromatic heterocycles. The van der Waals surface area contributed by atoms with Crippen LogP contribution in [0, 0.1) is 0 Å². The summed E-state index contributed by atoms with van der Waals surface area (Å²) >= 11 is 0. The van der Waals surface area contributed by atoms with Gasteiger partial charge in [-0.25, -0.2) is 4.79 Å². The fourth-order valence-corrected chi connectivity index (χ4v) is 1.86. The molecular weight excluding hydrogens is 230 g/mol. The maximum atomic E-state index is 11.0. The SMILES string of the molecule is C=CCC(O)[C@@H](Cc1ccccc1)N(C)C(=O)O. The zero-order chi connectivity index (χ0) is 13.5. The van der Waals surface area contributed by atoms with Gasteiger partial charge < -0.3 is 15.1 Å². The Morgan fingerprint density at radius 3 is 2.56 bits per heavy atom. The van der Waals surface area contributed by atoms with Crippen LogP contribution in [0.5, 0.6) is 0 Å². The van der Waals surface area contributed by atoms with Crippen LogP contribution in [-0.4, -0.2) is 40.4 Å². The lowest BCUT2D eigenvalue weighted by molar-refractivity contribution is 0.0616. The fourth-order valence-electron chi connectivity index (χ4n) is 1.86. The molecule has 1 rings (SSSR count). The second-order valence-electron chi connectivity index (χ2n) is 4.24. The summed E-state index contributed by atoms with van der Waals surface area (Å²) in [5.41, 5.74) is 0.999. The monoisotopic (exact) mass is 249 g/mol. The molecule has 2 N–H and O–H groups in total. The van der Waals surface area contributed by atoms with E-state index in [1.54, 1.807) is 6.08 Å². The maximum absolute atomic E-state index is 11.0. The van der Waals surface area contributed by atoms with Gasteiger partial charge in [0.05, 0.1) is 12.1 Å². The van der Waals surface area contributed by atoms with E-state index in [9.17, 15) is 9.90 Å². The van der Waals surface area contributed by atoms with E-state index in [1.165, 1.54) is 7.05 Å². The van der Waals surface area contributed by atoms with E-state index in [1.807, 2.05) is 30.3 Å². The third-order valence-corrected chi connectivity index (χ3v) is 2.94. The number of nitrogens with zero attached hydrogens (tertiary/aromatic N) is 1. The average Bonchev–Trinajstić information content (AvgIpc) is 2.36. The molecule has 1 aromatic rings. The van der Waals surface area contributed by atoms with Gasteiger partial charge in [-0.1, -0.05) is 36.4 Å². The molecule has 0 aliphatic rings. The summed E-state index contributed by atoms with van der Waals surface area (Å²) in [6.45, 7) is 3.57. The summed E-state index contributed by atoms with van der Waals surface area (Å²) < 4.78 is 0. The molecule has 0 radical (unpaired) electrons. The van der Waals surface area contributed by atoms with Crippen LogP contribution in [0.1, 0.15) is 12.0 Å². The zero-order valence-electron chi connectivity index (χ0n) is 10.5. The van der Waals surface area contributed by atoms with E-state index in [0.29, 0.717) is 12.8 Å². The van der Waals surface area contributed by atoms with E-state index >= 15 is 0 Å². The Kier molecular flexibility index (Phi) is 5.39. The molecule has 0 saturated carbocycles. The summed E-state index contributed by atoms with van der Waals surface area (Å²) in [4.78, 5) is 12.2. The zero-order valence-corrected chi connectivity index (χ0v) is 10.5. The molecule has 18 heavy (non-hydrogen) atoms. The van der Waals surface area contributed by atoms with Crippen molar-refractivity contribution in [3.63, 3.8) is 0 Å². The second-order valence-corrected chi connectivity index (χ2v) is 4.24. The lowest BCUT2D eigenvalue weighted by Gasteiger charge is -2.29. The molecule has 0 fully saturated rings. The third-order valence-electron chi connectivity index (χ3n) is 2.94. The molecule has 0 aliphatic heterocycles. The van der Waals surface area contributed by atoms with Crippen molar-refractivity contribution in [3.8, 4) is 0 Å². The van der Waals surface area contributed by atoms with Crippen molar-refractivity contribution in [1.82, 2.24) is 4.90 Å². The summed E-state index contributed by atoms with van der Waals surface area (Å²) in [5.74, 6) is 0. The molecule has 0 aliphatic carbocycles. The molecule has 1 unspecified atom stereocenters. The summed E-state index contributed by atoms with van der Waals surface area (Å²) in [6.07, 6.45) is 0.661. The largest absolute Gasteiger partial charge is 0.465 e. The summed E-state index contributed by atoms with van der Waals surface area (Å²) in [7, 11) is 1.47. The van der Waals surface area contributed by atoms with Crippen LogP contribution < -0.4 is 0 Å². The first-order valence-corrected chi connectivity index (χ1v) is 5.85. The Balaban J connectivity index is 2.83. The molecule has 4 nitrogen and oxygen atoms in total. The number of carbonyl (C=O) groups is 1. The lowest BCUT2D eigenvalue weighted by Crippen LogP contribution is -2.45. The normalized spacial score (nSPS) is 13.7. The number of benzene rings is 1. The van der Waals surface area contributed by atoms with Gasteiger partial charge in [-0.15, -0.1) is 6.58 Å². The van der Waals surface area contributed by atoms with Gasteiger partial charge in [-0.3, -0.25) is 0 Å². The Hall–Kier alpha value is -1.81. The molecule has 0 spiro atoms. The topological polar surface area (TPSA) is 60.8 Å². The number of hydrogen-bond donors (Lipinski definition) is 2. The first-order valence-electron chi connectivity index (χ1n) is 5.85. The summed E-state index contributed by atoms with van der Waals surface area (Å²) in [5, 5.41) is 19.0. The Morgan fingerprint density at radius 1 is 1.44 bits per heavy atom. The molecule has 1 aromatic carbocycles. The van der Waals surface area contributed by atoms with Crippen LogP contribution >= 0.6 is 0 Å². The maximum Gasteiger partial charge on any atom is 0.407 e. The minimum absolute atomic E-state index is 0.370. The molecule has 1 amide bonds. The number of likely N-dealkylation sites (N-methyl/N-ethyl adjacent to an activating group) is 1. The molecule has 0 saturated heterocycles. The van der Waals surface area contributed by atoms with Gasteiger partial charge in [-0.05, 0) is 18.4 Å².